The predicted molar refractivity (Wildman–Crippen MR) is 136 cm³/mol. The van der Waals surface area contributed by atoms with Gasteiger partial charge in [-0.3, -0.25) is 9.78 Å². The zero-order valence-corrected chi connectivity index (χ0v) is 21.7. The number of halogens is 3. The molecule has 4 aromatic rings. The van der Waals surface area contributed by atoms with Crippen molar-refractivity contribution in [2.45, 2.75) is 32.0 Å². The van der Waals surface area contributed by atoms with E-state index in [2.05, 4.69) is 15.0 Å². The second-order valence-corrected chi connectivity index (χ2v) is 10.3. The van der Waals surface area contributed by atoms with Crippen molar-refractivity contribution < 1.29 is 31.1 Å². The number of carbonyl (C=O) groups excluding carboxylic acids is 1. The molecule has 0 atom stereocenters. The maximum Gasteiger partial charge on any atom is 0.433 e. The zero-order valence-electron chi connectivity index (χ0n) is 20.9. The van der Waals surface area contributed by atoms with Gasteiger partial charge in [-0.2, -0.15) is 21.6 Å². The van der Waals surface area contributed by atoms with Gasteiger partial charge in [0.1, 0.15) is 22.8 Å². The molecule has 0 bridgehead atoms. The topological polar surface area (TPSA) is 137 Å². The van der Waals surface area contributed by atoms with Crippen molar-refractivity contribution in [3.05, 3.63) is 88.7 Å². The summed E-state index contributed by atoms with van der Waals surface area (Å²) in [6.45, 7) is 5.47. The number of hydrogen-bond donors (Lipinski definition) is 2. The number of nitrogens with one attached hydrogen (secondary N) is 1. The number of amides is 1. The highest BCUT2D eigenvalue weighted by molar-refractivity contribution is 7.90. The minimum Gasteiger partial charge on any atom is -0.438 e. The molecule has 0 radical (unpaired) electrons. The summed E-state index contributed by atoms with van der Waals surface area (Å²) >= 11 is 0. The first-order valence-electron chi connectivity index (χ1n) is 11.3. The molecule has 9 nitrogen and oxygen atoms in total. The van der Waals surface area contributed by atoms with Crippen LogP contribution in [0.4, 0.5) is 19.0 Å². The SMILES string of the molecule is Cc1cc(C)c(Oc2nc(-c3ccc(C(F)(F)F)nc3)ccc2C(=O)NS(=O)(=O)c2cccc(N)n2)c(C)c1. The van der Waals surface area contributed by atoms with Crippen LogP contribution >= 0.6 is 0 Å². The van der Waals surface area contributed by atoms with Crippen molar-refractivity contribution in [2.24, 2.45) is 0 Å². The number of nitrogens with zero attached hydrogens (tertiary/aromatic N) is 3. The molecular weight excluding hydrogens is 535 g/mol. The second-order valence-electron chi connectivity index (χ2n) is 8.64. The summed E-state index contributed by atoms with van der Waals surface area (Å²) in [6, 6.07) is 12.2. The number of pyridine rings is 3. The van der Waals surface area contributed by atoms with E-state index in [1.165, 1.54) is 36.4 Å². The van der Waals surface area contributed by atoms with E-state index in [9.17, 15) is 26.4 Å². The average molecular weight is 558 g/mol. The number of rotatable bonds is 6. The summed E-state index contributed by atoms with van der Waals surface area (Å²) in [5.74, 6) is -1.02. The van der Waals surface area contributed by atoms with E-state index in [1.807, 2.05) is 23.8 Å². The molecule has 0 saturated heterocycles. The summed E-state index contributed by atoms with van der Waals surface area (Å²) in [4.78, 5) is 24.7. The highest BCUT2D eigenvalue weighted by Gasteiger charge is 2.32. The van der Waals surface area contributed by atoms with Gasteiger partial charge in [0.25, 0.3) is 15.9 Å². The predicted octanol–water partition coefficient (Wildman–Crippen LogP) is 4.98. The van der Waals surface area contributed by atoms with Gasteiger partial charge in [-0.15, -0.1) is 0 Å². The molecule has 0 aliphatic heterocycles. The maximum atomic E-state index is 13.1. The fraction of sp³-hybridized carbons (Fsp3) is 0.154. The summed E-state index contributed by atoms with van der Waals surface area (Å²) in [7, 11) is -4.41. The highest BCUT2D eigenvalue weighted by Crippen LogP contribution is 2.33. The Morgan fingerprint density at radius 2 is 1.67 bits per heavy atom. The summed E-state index contributed by atoms with van der Waals surface area (Å²) in [5, 5.41) is -0.469. The number of benzene rings is 1. The van der Waals surface area contributed by atoms with Gasteiger partial charge in [0.2, 0.25) is 5.88 Å². The first-order valence-corrected chi connectivity index (χ1v) is 12.8. The van der Waals surface area contributed by atoms with E-state index < -0.39 is 32.8 Å². The molecule has 3 heterocycles. The third-order valence-electron chi connectivity index (χ3n) is 5.51. The van der Waals surface area contributed by atoms with Crippen LogP contribution in [0.3, 0.4) is 0 Å². The van der Waals surface area contributed by atoms with E-state index in [-0.39, 0.29) is 28.5 Å². The van der Waals surface area contributed by atoms with E-state index in [4.69, 9.17) is 10.5 Å². The van der Waals surface area contributed by atoms with Crippen LogP contribution in [0.2, 0.25) is 0 Å². The van der Waals surface area contributed by atoms with Gasteiger partial charge >= 0.3 is 6.18 Å². The molecular formula is C26H22F3N5O4S. The monoisotopic (exact) mass is 557 g/mol. The Hall–Kier alpha value is -4.52. The molecule has 13 heteroatoms. The molecule has 0 aliphatic carbocycles. The normalized spacial score (nSPS) is 11.7. The smallest absolute Gasteiger partial charge is 0.433 e. The quantitative estimate of drug-likeness (QED) is 0.339. The molecule has 3 N–H and O–H groups in total. The fourth-order valence-corrected chi connectivity index (χ4v) is 4.74. The number of nitrogens with two attached hydrogens (primary N) is 1. The summed E-state index contributed by atoms with van der Waals surface area (Å²) in [5.41, 5.74) is 7.01. The Morgan fingerprint density at radius 3 is 2.26 bits per heavy atom. The van der Waals surface area contributed by atoms with Gasteiger partial charge in [0.15, 0.2) is 5.03 Å². The van der Waals surface area contributed by atoms with Crippen LogP contribution in [0.1, 0.15) is 32.7 Å². The van der Waals surface area contributed by atoms with Crippen LogP contribution in [0.15, 0.2) is 65.8 Å². The van der Waals surface area contributed by atoms with E-state index >= 15 is 0 Å². The van der Waals surface area contributed by atoms with Gasteiger partial charge in [0, 0.05) is 11.8 Å². The fourth-order valence-electron chi connectivity index (χ4n) is 3.80. The van der Waals surface area contributed by atoms with Crippen molar-refractivity contribution in [1.29, 1.82) is 0 Å². The number of carbonyl (C=O) groups is 1. The van der Waals surface area contributed by atoms with Crippen LogP contribution in [0.25, 0.3) is 11.3 Å². The maximum absolute atomic E-state index is 13.1. The number of hydrogen-bond acceptors (Lipinski definition) is 8. The van der Waals surface area contributed by atoms with Crippen LogP contribution in [0.5, 0.6) is 11.6 Å². The first-order chi connectivity index (χ1) is 18.2. The number of anilines is 1. The number of sulfonamides is 1. The molecule has 4 rings (SSSR count). The van der Waals surface area contributed by atoms with Crippen molar-refractivity contribution >= 4 is 21.7 Å². The van der Waals surface area contributed by atoms with E-state index in [0.717, 1.165) is 29.0 Å². The number of alkyl halides is 3. The second kappa shape index (κ2) is 10.3. The molecule has 0 unspecified atom stereocenters. The van der Waals surface area contributed by atoms with Crippen LogP contribution in [-0.2, 0) is 16.2 Å². The van der Waals surface area contributed by atoms with Gasteiger partial charge in [0.05, 0.1) is 5.69 Å². The number of aromatic nitrogens is 3. The van der Waals surface area contributed by atoms with Crippen LogP contribution in [0, 0.1) is 20.8 Å². The van der Waals surface area contributed by atoms with Gasteiger partial charge in [-0.1, -0.05) is 23.8 Å². The highest BCUT2D eigenvalue weighted by atomic mass is 32.2. The molecule has 0 spiro atoms. The molecule has 1 amide bonds. The lowest BCUT2D eigenvalue weighted by Gasteiger charge is -2.16. The van der Waals surface area contributed by atoms with Crippen LogP contribution < -0.4 is 15.2 Å². The van der Waals surface area contributed by atoms with Crippen molar-refractivity contribution in [1.82, 2.24) is 19.7 Å². The van der Waals surface area contributed by atoms with Crippen molar-refractivity contribution in [2.75, 3.05) is 5.73 Å². The largest absolute Gasteiger partial charge is 0.438 e. The van der Waals surface area contributed by atoms with Crippen LogP contribution in [-0.4, -0.2) is 29.3 Å². The van der Waals surface area contributed by atoms with Crippen molar-refractivity contribution in [3.63, 3.8) is 0 Å². The molecule has 202 valence electrons. The van der Waals surface area contributed by atoms with Crippen molar-refractivity contribution in [3.8, 4) is 22.9 Å². The minimum absolute atomic E-state index is 0.0594. The van der Waals surface area contributed by atoms with E-state index in [0.29, 0.717) is 5.75 Å². The third kappa shape index (κ3) is 6.14. The number of nitrogen functional groups attached to an aromatic ring is 1. The Morgan fingerprint density at radius 1 is 0.974 bits per heavy atom. The molecule has 0 saturated carbocycles. The Bertz CT molecular complexity index is 1650. The Kier molecular flexibility index (Phi) is 7.29. The molecule has 3 aromatic heterocycles. The first kappa shape index (κ1) is 27.5. The molecule has 1 aromatic carbocycles. The number of ether oxygens (including phenoxy) is 1. The number of aryl methyl sites for hydroxylation is 3. The molecule has 39 heavy (non-hydrogen) atoms. The third-order valence-corrected chi connectivity index (χ3v) is 6.74. The lowest BCUT2D eigenvalue weighted by Crippen LogP contribution is -2.31. The standard InChI is InChI=1S/C26H22F3N5O4S/c1-14-11-15(2)23(16(3)12-14)38-25-18(24(35)34-39(36,37)22-6-4-5-21(30)33-22)8-9-19(32-25)17-7-10-20(31-13-17)26(27,28)29/h4-13H,1-3H3,(H2,30,33)(H,34,35). The molecule has 0 fully saturated rings. The lowest BCUT2D eigenvalue weighted by atomic mass is 10.1. The van der Waals surface area contributed by atoms with Gasteiger partial charge in [-0.25, -0.2) is 14.7 Å². The summed E-state index contributed by atoms with van der Waals surface area (Å²) < 4.78 is 72.3. The van der Waals surface area contributed by atoms with E-state index in [1.54, 1.807) is 13.8 Å². The minimum atomic E-state index is -4.62. The summed E-state index contributed by atoms with van der Waals surface area (Å²) in [6.07, 6.45) is -3.63. The lowest BCUT2D eigenvalue weighted by molar-refractivity contribution is -0.141. The zero-order chi connectivity index (χ0) is 28.5. The Balaban J connectivity index is 1.77. The average Bonchev–Trinajstić information content (AvgIpc) is 2.85. The van der Waals surface area contributed by atoms with Gasteiger partial charge < -0.3 is 10.5 Å². The van der Waals surface area contributed by atoms with Gasteiger partial charge in [-0.05, 0) is 68.3 Å². The Labute approximate surface area is 222 Å². The molecule has 0 aliphatic rings.